The molecule has 0 heterocycles. The molecule has 15 heavy (non-hydrogen) atoms. The standard InChI is InChI=1S/C13H22N2/c1-4-11(3)15-9-13(14)12-7-5-10(2)6-8-12/h5-8,11,13,15H,4,9,14H2,1-3H3. The van der Waals surface area contributed by atoms with Crippen molar-refractivity contribution in [3.8, 4) is 0 Å². The van der Waals surface area contributed by atoms with E-state index in [0.29, 0.717) is 6.04 Å². The highest BCUT2D eigenvalue weighted by Crippen LogP contribution is 2.10. The monoisotopic (exact) mass is 206 g/mol. The van der Waals surface area contributed by atoms with Crippen LogP contribution in [0.25, 0.3) is 0 Å². The number of rotatable bonds is 5. The second kappa shape index (κ2) is 5.89. The van der Waals surface area contributed by atoms with Crippen molar-refractivity contribution in [3.05, 3.63) is 35.4 Å². The summed E-state index contributed by atoms with van der Waals surface area (Å²) in [6, 6.07) is 9.08. The van der Waals surface area contributed by atoms with E-state index in [2.05, 4.69) is 50.4 Å². The van der Waals surface area contributed by atoms with E-state index in [0.717, 1.165) is 13.0 Å². The van der Waals surface area contributed by atoms with Crippen molar-refractivity contribution in [2.45, 2.75) is 39.3 Å². The van der Waals surface area contributed by atoms with Gasteiger partial charge in [0.05, 0.1) is 0 Å². The minimum atomic E-state index is 0.0969. The van der Waals surface area contributed by atoms with Crippen molar-refractivity contribution in [1.29, 1.82) is 0 Å². The number of aryl methyl sites for hydroxylation is 1. The summed E-state index contributed by atoms with van der Waals surface area (Å²) in [4.78, 5) is 0. The zero-order valence-electron chi connectivity index (χ0n) is 9.96. The minimum Gasteiger partial charge on any atom is -0.323 e. The van der Waals surface area contributed by atoms with Crippen LogP contribution in [0.15, 0.2) is 24.3 Å². The molecule has 1 rings (SSSR count). The third-order valence-electron chi connectivity index (χ3n) is 2.80. The van der Waals surface area contributed by atoms with E-state index in [1.165, 1.54) is 11.1 Å². The maximum atomic E-state index is 6.09. The van der Waals surface area contributed by atoms with Crippen molar-refractivity contribution in [1.82, 2.24) is 5.32 Å². The normalized spacial score (nSPS) is 14.9. The molecule has 84 valence electrons. The first-order valence-corrected chi connectivity index (χ1v) is 5.69. The van der Waals surface area contributed by atoms with Crippen LogP contribution in [0, 0.1) is 6.92 Å². The summed E-state index contributed by atoms with van der Waals surface area (Å²) in [5.74, 6) is 0. The first-order chi connectivity index (χ1) is 7.13. The fraction of sp³-hybridized carbons (Fsp3) is 0.538. The SMILES string of the molecule is CCC(C)NCC(N)c1ccc(C)cc1. The molecule has 0 saturated heterocycles. The topological polar surface area (TPSA) is 38.0 Å². The van der Waals surface area contributed by atoms with E-state index in [-0.39, 0.29) is 6.04 Å². The lowest BCUT2D eigenvalue weighted by Gasteiger charge is -2.17. The van der Waals surface area contributed by atoms with Crippen molar-refractivity contribution in [3.63, 3.8) is 0 Å². The maximum Gasteiger partial charge on any atom is 0.0421 e. The van der Waals surface area contributed by atoms with Crippen LogP contribution in [0.3, 0.4) is 0 Å². The summed E-state index contributed by atoms with van der Waals surface area (Å²) in [5, 5.41) is 3.42. The Kier molecular flexibility index (Phi) is 4.79. The summed E-state index contributed by atoms with van der Waals surface area (Å²) >= 11 is 0. The highest BCUT2D eigenvalue weighted by molar-refractivity contribution is 5.24. The van der Waals surface area contributed by atoms with E-state index in [1.807, 2.05) is 0 Å². The van der Waals surface area contributed by atoms with Crippen molar-refractivity contribution >= 4 is 0 Å². The first-order valence-electron chi connectivity index (χ1n) is 5.69. The fourth-order valence-corrected chi connectivity index (χ4v) is 1.40. The third-order valence-corrected chi connectivity index (χ3v) is 2.80. The second-order valence-corrected chi connectivity index (χ2v) is 4.23. The number of nitrogens with two attached hydrogens (primary N) is 1. The van der Waals surface area contributed by atoms with Crippen LogP contribution >= 0.6 is 0 Å². The van der Waals surface area contributed by atoms with Crippen LogP contribution in [-0.4, -0.2) is 12.6 Å². The smallest absolute Gasteiger partial charge is 0.0421 e. The molecule has 1 aromatic carbocycles. The van der Waals surface area contributed by atoms with Gasteiger partial charge in [0, 0.05) is 18.6 Å². The average molecular weight is 206 g/mol. The van der Waals surface area contributed by atoms with E-state index in [9.17, 15) is 0 Å². The van der Waals surface area contributed by atoms with Gasteiger partial charge in [-0.25, -0.2) is 0 Å². The Hall–Kier alpha value is -0.860. The van der Waals surface area contributed by atoms with Crippen molar-refractivity contribution < 1.29 is 0 Å². The summed E-state index contributed by atoms with van der Waals surface area (Å²) in [7, 11) is 0. The summed E-state index contributed by atoms with van der Waals surface area (Å²) < 4.78 is 0. The summed E-state index contributed by atoms with van der Waals surface area (Å²) in [6.45, 7) is 7.29. The predicted octanol–water partition coefficient (Wildman–Crippen LogP) is 2.38. The molecule has 0 bridgehead atoms. The molecule has 0 radical (unpaired) electrons. The number of hydrogen-bond acceptors (Lipinski definition) is 2. The molecule has 2 unspecified atom stereocenters. The van der Waals surface area contributed by atoms with E-state index < -0.39 is 0 Å². The molecular formula is C13H22N2. The Morgan fingerprint density at radius 2 is 1.87 bits per heavy atom. The number of hydrogen-bond donors (Lipinski definition) is 2. The van der Waals surface area contributed by atoms with Gasteiger partial charge in [0.15, 0.2) is 0 Å². The molecule has 0 amide bonds. The average Bonchev–Trinajstić information content (AvgIpc) is 2.26. The summed E-state index contributed by atoms with van der Waals surface area (Å²) in [6.07, 6.45) is 1.14. The fourth-order valence-electron chi connectivity index (χ4n) is 1.40. The molecule has 3 N–H and O–H groups in total. The molecule has 0 aliphatic heterocycles. The lowest BCUT2D eigenvalue weighted by Crippen LogP contribution is -2.33. The molecular weight excluding hydrogens is 184 g/mol. The highest BCUT2D eigenvalue weighted by atomic mass is 14.9. The van der Waals surface area contributed by atoms with Crippen LogP contribution in [0.4, 0.5) is 0 Å². The molecule has 0 saturated carbocycles. The highest BCUT2D eigenvalue weighted by Gasteiger charge is 2.06. The molecule has 0 aliphatic carbocycles. The Morgan fingerprint density at radius 1 is 1.27 bits per heavy atom. The number of benzene rings is 1. The Bertz CT molecular complexity index is 279. The molecule has 2 nitrogen and oxygen atoms in total. The van der Waals surface area contributed by atoms with Crippen LogP contribution < -0.4 is 11.1 Å². The maximum absolute atomic E-state index is 6.09. The quantitative estimate of drug-likeness (QED) is 0.776. The predicted molar refractivity (Wildman–Crippen MR) is 65.9 cm³/mol. The molecule has 0 fully saturated rings. The van der Waals surface area contributed by atoms with E-state index in [4.69, 9.17) is 5.73 Å². The Balaban J connectivity index is 2.46. The molecule has 1 aromatic rings. The van der Waals surface area contributed by atoms with Gasteiger partial charge >= 0.3 is 0 Å². The van der Waals surface area contributed by atoms with Crippen LogP contribution in [0.2, 0.25) is 0 Å². The van der Waals surface area contributed by atoms with E-state index >= 15 is 0 Å². The summed E-state index contributed by atoms with van der Waals surface area (Å²) in [5.41, 5.74) is 8.57. The van der Waals surface area contributed by atoms with Gasteiger partial charge in [-0.15, -0.1) is 0 Å². The second-order valence-electron chi connectivity index (χ2n) is 4.23. The van der Waals surface area contributed by atoms with Crippen LogP contribution in [0.1, 0.15) is 37.4 Å². The van der Waals surface area contributed by atoms with Gasteiger partial charge < -0.3 is 11.1 Å². The van der Waals surface area contributed by atoms with E-state index in [1.54, 1.807) is 0 Å². The molecule has 0 spiro atoms. The molecule has 0 aromatic heterocycles. The lowest BCUT2D eigenvalue weighted by atomic mass is 10.1. The van der Waals surface area contributed by atoms with Crippen molar-refractivity contribution in [2.24, 2.45) is 5.73 Å². The first kappa shape index (κ1) is 12.2. The van der Waals surface area contributed by atoms with Gasteiger partial charge in [-0.2, -0.15) is 0 Å². The Morgan fingerprint density at radius 3 is 2.40 bits per heavy atom. The van der Waals surface area contributed by atoms with Gasteiger partial charge in [0.2, 0.25) is 0 Å². The lowest BCUT2D eigenvalue weighted by molar-refractivity contribution is 0.500. The van der Waals surface area contributed by atoms with Gasteiger partial charge in [0.25, 0.3) is 0 Å². The van der Waals surface area contributed by atoms with Gasteiger partial charge in [-0.1, -0.05) is 36.8 Å². The zero-order valence-corrected chi connectivity index (χ0v) is 9.96. The van der Waals surface area contributed by atoms with Crippen molar-refractivity contribution in [2.75, 3.05) is 6.54 Å². The van der Waals surface area contributed by atoms with Crippen LogP contribution in [0.5, 0.6) is 0 Å². The van der Waals surface area contributed by atoms with Crippen LogP contribution in [-0.2, 0) is 0 Å². The largest absolute Gasteiger partial charge is 0.323 e. The zero-order chi connectivity index (χ0) is 11.3. The minimum absolute atomic E-state index is 0.0969. The van der Waals surface area contributed by atoms with Gasteiger partial charge in [-0.3, -0.25) is 0 Å². The Labute approximate surface area is 92.9 Å². The molecule has 0 aliphatic rings. The third kappa shape index (κ3) is 4.02. The van der Waals surface area contributed by atoms with Gasteiger partial charge in [-0.05, 0) is 25.8 Å². The number of nitrogens with one attached hydrogen (secondary N) is 1. The molecule has 2 heteroatoms. The van der Waals surface area contributed by atoms with Gasteiger partial charge in [0.1, 0.15) is 0 Å². The molecule has 2 atom stereocenters.